The van der Waals surface area contributed by atoms with E-state index in [0.717, 1.165) is 11.1 Å². The van der Waals surface area contributed by atoms with E-state index in [1.807, 2.05) is 38.1 Å². The second-order valence-corrected chi connectivity index (χ2v) is 6.56. The molecule has 0 saturated carbocycles. The number of carbonyl (C=O) groups excluding carboxylic acids is 2. The van der Waals surface area contributed by atoms with Gasteiger partial charge in [-0.1, -0.05) is 48.9 Å². The fourth-order valence-corrected chi connectivity index (χ4v) is 3.37. The molecule has 2 aromatic carbocycles. The number of urea groups is 1. The standard InChI is InChI=1S/C20H21ClN2O3/c1-3-20(15-9-11-16(21)12-10-15)18(24)23(19(25)22-20)13-14-7-5-6-8-17(14)26-4-2/h5-12H,3-4,13H2,1-2H3,(H,22,25)/t20-/m0/s1. The van der Waals surface area contributed by atoms with Crippen LogP contribution in [0.5, 0.6) is 5.75 Å². The topological polar surface area (TPSA) is 58.6 Å². The summed E-state index contributed by atoms with van der Waals surface area (Å²) in [5.74, 6) is 0.412. The number of carbonyl (C=O) groups is 2. The predicted molar refractivity (Wildman–Crippen MR) is 100 cm³/mol. The number of benzene rings is 2. The molecule has 1 heterocycles. The highest BCUT2D eigenvalue weighted by atomic mass is 35.5. The van der Waals surface area contributed by atoms with Crippen LogP contribution < -0.4 is 10.1 Å². The number of nitrogens with zero attached hydrogens (tertiary/aromatic N) is 1. The van der Waals surface area contributed by atoms with Crippen LogP contribution in [-0.2, 0) is 16.9 Å². The third-order valence-electron chi connectivity index (χ3n) is 4.64. The predicted octanol–water partition coefficient (Wildman–Crippen LogP) is 4.10. The van der Waals surface area contributed by atoms with Crippen molar-refractivity contribution in [2.24, 2.45) is 0 Å². The number of halogens is 1. The first-order chi connectivity index (χ1) is 12.5. The van der Waals surface area contributed by atoms with Gasteiger partial charge in [-0.05, 0) is 37.1 Å². The van der Waals surface area contributed by atoms with E-state index in [2.05, 4.69) is 5.32 Å². The Morgan fingerprint density at radius 3 is 2.42 bits per heavy atom. The second-order valence-electron chi connectivity index (χ2n) is 6.13. The molecule has 6 heteroatoms. The average Bonchev–Trinajstić information content (AvgIpc) is 2.89. The highest BCUT2D eigenvalue weighted by Crippen LogP contribution is 2.34. The van der Waals surface area contributed by atoms with Gasteiger partial charge in [0.15, 0.2) is 0 Å². The summed E-state index contributed by atoms with van der Waals surface area (Å²) in [5.41, 5.74) is 0.451. The summed E-state index contributed by atoms with van der Waals surface area (Å²) in [5, 5.41) is 3.46. The number of hydrogen-bond acceptors (Lipinski definition) is 3. The Labute approximate surface area is 157 Å². The molecule has 0 radical (unpaired) electrons. The molecule has 0 spiro atoms. The first-order valence-corrected chi connectivity index (χ1v) is 9.00. The molecule has 1 fully saturated rings. The Hall–Kier alpha value is -2.53. The lowest BCUT2D eigenvalue weighted by atomic mass is 9.87. The van der Waals surface area contributed by atoms with E-state index in [-0.39, 0.29) is 12.5 Å². The molecule has 1 atom stereocenters. The molecule has 3 amide bonds. The summed E-state index contributed by atoms with van der Waals surface area (Å²) >= 11 is 5.96. The zero-order valence-electron chi connectivity index (χ0n) is 14.8. The molecule has 1 N–H and O–H groups in total. The maximum atomic E-state index is 13.2. The minimum Gasteiger partial charge on any atom is -0.494 e. The van der Waals surface area contributed by atoms with Crippen LogP contribution in [-0.4, -0.2) is 23.4 Å². The number of hydrogen-bond donors (Lipinski definition) is 1. The highest BCUT2D eigenvalue weighted by molar-refractivity contribution is 6.30. The van der Waals surface area contributed by atoms with Gasteiger partial charge >= 0.3 is 6.03 Å². The largest absolute Gasteiger partial charge is 0.494 e. The zero-order chi connectivity index (χ0) is 18.7. The fourth-order valence-electron chi connectivity index (χ4n) is 3.24. The average molecular weight is 373 g/mol. The second kappa shape index (κ2) is 7.38. The van der Waals surface area contributed by atoms with Gasteiger partial charge < -0.3 is 10.1 Å². The molecular formula is C20H21ClN2O3. The molecule has 1 aliphatic rings. The maximum absolute atomic E-state index is 13.2. The Morgan fingerprint density at radius 1 is 1.08 bits per heavy atom. The van der Waals surface area contributed by atoms with Crippen LogP contribution in [0.25, 0.3) is 0 Å². The summed E-state index contributed by atoms with van der Waals surface area (Å²) in [6.45, 7) is 4.45. The minimum absolute atomic E-state index is 0.163. The van der Waals surface area contributed by atoms with Crippen molar-refractivity contribution >= 4 is 23.5 Å². The van der Waals surface area contributed by atoms with Gasteiger partial charge in [0.1, 0.15) is 11.3 Å². The van der Waals surface area contributed by atoms with Crippen LogP contribution in [0.2, 0.25) is 5.02 Å². The summed E-state index contributed by atoms with van der Waals surface area (Å²) in [6, 6.07) is 14.0. The summed E-state index contributed by atoms with van der Waals surface area (Å²) < 4.78 is 5.61. The molecular weight excluding hydrogens is 352 g/mol. The molecule has 3 rings (SSSR count). The molecule has 0 aromatic heterocycles. The molecule has 2 aromatic rings. The van der Waals surface area contributed by atoms with Crippen LogP contribution >= 0.6 is 11.6 Å². The first kappa shape index (κ1) is 18.3. The Balaban J connectivity index is 1.92. The van der Waals surface area contributed by atoms with Crippen LogP contribution in [0.15, 0.2) is 48.5 Å². The lowest BCUT2D eigenvalue weighted by molar-refractivity contribution is -0.132. The van der Waals surface area contributed by atoms with Crippen molar-refractivity contribution in [3.05, 3.63) is 64.7 Å². The lowest BCUT2D eigenvalue weighted by Gasteiger charge is -2.26. The van der Waals surface area contributed by atoms with Crippen molar-refractivity contribution in [2.75, 3.05) is 6.61 Å². The Bertz CT molecular complexity index is 822. The van der Waals surface area contributed by atoms with Crippen LogP contribution in [0, 0.1) is 0 Å². The molecule has 0 aliphatic carbocycles. The quantitative estimate of drug-likeness (QED) is 0.777. The van der Waals surface area contributed by atoms with Gasteiger partial charge in [-0.2, -0.15) is 0 Å². The van der Waals surface area contributed by atoms with Gasteiger partial charge in [0.25, 0.3) is 5.91 Å². The number of ether oxygens (including phenoxy) is 1. The molecule has 26 heavy (non-hydrogen) atoms. The maximum Gasteiger partial charge on any atom is 0.325 e. The van der Waals surface area contributed by atoms with Crippen molar-refractivity contribution in [2.45, 2.75) is 32.4 Å². The minimum atomic E-state index is -1.07. The van der Waals surface area contributed by atoms with E-state index in [0.29, 0.717) is 23.8 Å². The molecule has 136 valence electrons. The van der Waals surface area contributed by atoms with Gasteiger partial charge in [-0.3, -0.25) is 9.69 Å². The molecule has 0 unspecified atom stereocenters. The zero-order valence-corrected chi connectivity index (χ0v) is 15.5. The van der Waals surface area contributed by atoms with Crippen molar-refractivity contribution in [1.29, 1.82) is 0 Å². The monoisotopic (exact) mass is 372 g/mol. The van der Waals surface area contributed by atoms with E-state index in [4.69, 9.17) is 16.3 Å². The molecule has 0 bridgehead atoms. The van der Waals surface area contributed by atoms with Gasteiger partial charge in [0.05, 0.1) is 13.2 Å². The molecule has 1 aliphatic heterocycles. The fraction of sp³-hybridized carbons (Fsp3) is 0.300. The summed E-state index contributed by atoms with van der Waals surface area (Å²) in [7, 11) is 0. The van der Waals surface area contributed by atoms with Crippen molar-refractivity contribution < 1.29 is 14.3 Å². The van der Waals surface area contributed by atoms with Crippen molar-refractivity contribution in [1.82, 2.24) is 10.2 Å². The van der Waals surface area contributed by atoms with Crippen molar-refractivity contribution in [3.63, 3.8) is 0 Å². The van der Waals surface area contributed by atoms with Crippen LogP contribution in [0.3, 0.4) is 0 Å². The molecule has 5 nitrogen and oxygen atoms in total. The van der Waals surface area contributed by atoms with Gasteiger partial charge in [0.2, 0.25) is 0 Å². The van der Waals surface area contributed by atoms with E-state index < -0.39 is 11.6 Å². The third-order valence-corrected chi connectivity index (χ3v) is 4.90. The summed E-state index contributed by atoms with van der Waals surface area (Å²) in [6.07, 6.45) is 0.447. The normalized spacial score (nSPS) is 19.6. The van der Waals surface area contributed by atoms with Crippen LogP contribution in [0.4, 0.5) is 4.79 Å². The van der Waals surface area contributed by atoms with Crippen molar-refractivity contribution in [3.8, 4) is 5.75 Å². The van der Waals surface area contributed by atoms with Gasteiger partial charge in [-0.25, -0.2) is 4.79 Å². The number of para-hydroxylation sites is 1. The number of imide groups is 1. The van der Waals surface area contributed by atoms with E-state index >= 15 is 0 Å². The Morgan fingerprint density at radius 2 is 1.77 bits per heavy atom. The van der Waals surface area contributed by atoms with E-state index in [1.165, 1.54) is 4.90 Å². The lowest BCUT2D eigenvalue weighted by Crippen LogP contribution is -2.43. The Kier molecular flexibility index (Phi) is 5.18. The number of rotatable bonds is 6. The summed E-state index contributed by atoms with van der Waals surface area (Å²) in [4.78, 5) is 27.0. The van der Waals surface area contributed by atoms with E-state index in [9.17, 15) is 9.59 Å². The SMILES string of the molecule is CCOc1ccccc1CN1C(=O)N[C@@](CC)(c2ccc(Cl)cc2)C1=O. The smallest absolute Gasteiger partial charge is 0.325 e. The third kappa shape index (κ3) is 3.15. The molecule has 1 saturated heterocycles. The van der Waals surface area contributed by atoms with Crippen LogP contribution in [0.1, 0.15) is 31.4 Å². The first-order valence-electron chi connectivity index (χ1n) is 8.62. The van der Waals surface area contributed by atoms with Gasteiger partial charge in [-0.15, -0.1) is 0 Å². The highest BCUT2D eigenvalue weighted by Gasteiger charge is 2.51. The van der Waals surface area contributed by atoms with E-state index in [1.54, 1.807) is 24.3 Å². The number of amides is 3. The van der Waals surface area contributed by atoms with Gasteiger partial charge in [0, 0.05) is 10.6 Å². The number of nitrogens with one attached hydrogen (secondary N) is 1.